The number of hydrogen-bond donors (Lipinski definition) is 1. The minimum absolute atomic E-state index is 0.00950. The van der Waals surface area contributed by atoms with E-state index in [1.54, 1.807) is 23.1 Å². The summed E-state index contributed by atoms with van der Waals surface area (Å²) in [6.45, 7) is 7.90. The van der Waals surface area contributed by atoms with Crippen LogP contribution in [-0.2, 0) is 4.79 Å². The second-order valence-electron chi connectivity index (χ2n) is 8.54. The van der Waals surface area contributed by atoms with Crippen molar-refractivity contribution in [2.45, 2.75) is 26.7 Å². The number of amides is 2. The first-order chi connectivity index (χ1) is 14.4. The Bertz CT molecular complexity index is 939. The number of carbonyl (C=O) groups excluding carboxylic acids is 2. The van der Waals surface area contributed by atoms with Gasteiger partial charge in [-0.05, 0) is 36.6 Å². The van der Waals surface area contributed by atoms with Gasteiger partial charge in [0.25, 0.3) is 5.91 Å². The average molecular weight is 408 g/mol. The topological polar surface area (TPSA) is 67.9 Å². The highest BCUT2D eigenvalue weighted by atomic mass is 16.7. The third-order valence-corrected chi connectivity index (χ3v) is 5.75. The first-order valence-corrected chi connectivity index (χ1v) is 10.5. The van der Waals surface area contributed by atoms with E-state index in [-0.39, 0.29) is 30.4 Å². The molecule has 6 heteroatoms. The summed E-state index contributed by atoms with van der Waals surface area (Å²) in [5.74, 6) is 1.22. The molecule has 0 aromatic heterocycles. The summed E-state index contributed by atoms with van der Waals surface area (Å²) in [5.41, 5.74) is 2.81. The lowest BCUT2D eigenvalue weighted by molar-refractivity contribution is -0.125. The van der Waals surface area contributed by atoms with Gasteiger partial charge in [-0.15, -0.1) is 0 Å². The van der Waals surface area contributed by atoms with Crippen LogP contribution in [0.5, 0.6) is 11.5 Å². The lowest BCUT2D eigenvalue weighted by Gasteiger charge is -2.19. The highest BCUT2D eigenvalue weighted by Crippen LogP contribution is 2.36. The molecule has 2 atom stereocenters. The van der Waals surface area contributed by atoms with Crippen LogP contribution in [-0.4, -0.2) is 43.1 Å². The lowest BCUT2D eigenvalue weighted by Crippen LogP contribution is -2.37. The Kier molecular flexibility index (Phi) is 5.66. The van der Waals surface area contributed by atoms with Crippen molar-refractivity contribution in [3.05, 3.63) is 59.2 Å². The van der Waals surface area contributed by atoms with E-state index in [0.717, 1.165) is 5.56 Å². The Balaban J connectivity index is 1.56. The van der Waals surface area contributed by atoms with E-state index in [0.29, 0.717) is 42.6 Å². The van der Waals surface area contributed by atoms with E-state index in [9.17, 15) is 9.59 Å². The standard InChI is InChI=1S/C24H28N2O4/c1-15(2)11-25-23(27)20-13-26(12-19(20)17-6-4-16(3)5-7-17)24(28)18-8-9-21-22(10-18)30-14-29-21/h4-10,15,19-20H,11-14H2,1-3H3,(H,25,27)/t19-,20+/m1/s1. The third kappa shape index (κ3) is 4.13. The molecule has 0 radical (unpaired) electrons. The zero-order valence-corrected chi connectivity index (χ0v) is 17.7. The number of likely N-dealkylation sites (tertiary alicyclic amines) is 1. The van der Waals surface area contributed by atoms with Gasteiger partial charge in [-0.1, -0.05) is 43.7 Å². The van der Waals surface area contributed by atoms with Crippen molar-refractivity contribution in [1.82, 2.24) is 10.2 Å². The van der Waals surface area contributed by atoms with Crippen molar-refractivity contribution in [3.63, 3.8) is 0 Å². The molecule has 2 aromatic carbocycles. The number of aryl methyl sites for hydroxylation is 1. The molecule has 158 valence electrons. The van der Waals surface area contributed by atoms with Crippen LogP contribution in [0, 0.1) is 18.8 Å². The summed E-state index contributed by atoms with van der Waals surface area (Å²) in [7, 11) is 0. The minimum atomic E-state index is -0.274. The van der Waals surface area contributed by atoms with Gasteiger partial charge < -0.3 is 19.7 Å². The molecule has 6 nitrogen and oxygen atoms in total. The molecule has 30 heavy (non-hydrogen) atoms. The second-order valence-corrected chi connectivity index (χ2v) is 8.54. The fraction of sp³-hybridized carbons (Fsp3) is 0.417. The maximum atomic E-state index is 13.2. The third-order valence-electron chi connectivity index (χ3n) is 5.75. The summed E-state index contributed by atoms with van der Waals surface area (Å²) in [6.07, 6.45) is 0. The van der Waals surface area contributed by atoms with Gasteiger partial charge in [0.1, 0.15) is 0 Å². The van der Waals surface area contributed by atoms with E-state index in [1.165, 1.54) is 5.56 Å². The molecular weight excluding hydrogens is 380 g/mol. The van der Waals surface area contributed by atoms with Gasteiger partial charge in [-0.2, -0.15) is 0 Å². The fourth-order valence-corrected chi connectivity index (χ4v) is 4.03. The molecule has 0 bridgehead atoms. The van der Waals surface area contributed by atoms with Gasteiger partial charge in [0, 0.05) is 31.1 Å². The Morgan fingerprint density at radius 3 is 2.53 bits per heavy atom. The zero-order valence-electron chi connectivity index (χ0n) is 17.7. The number of ether oxygens (including phenoxy) is 2. The molecule has 0 spiro atoms. The molecule has 2 aliphatic heterocycles. The van der Waals surface area contributed by atoms with Crippen LogP contribution >= 0.6 is 0 Å². The summed E-state index contributed by atoms with van der Waals surface area (Å²) >= 11 is 0. The predicted molar refractivity (Wildman–Crippen MR) is 114 cm³/mol. The highest BCUT2D eigenvalue weighted by molar-refractivity contribution is 5.96. The minimum Gasteiger partial charge on any atom is -0.454 e. The highest BCUT2D eigenvalue weighted by Gasteiger charge is 2.40. The molecule has 0 unspecified atom stereocenters. The number of fused-ring (bicyclic) bond motifs is 1. The van der Waals surface area contributed by atoms with Gasteiger partial charge in [0.15, 0.2) is 11.5 Å². The number of hydrogen-bond acceptors (Lipinski definition) is 4. The lowest BCUT2D eigenvalue weighted by atomic mass is 9.88. The van der Waals surface area contributed by atoms with E-state index in [4.69, 9.17) is 9.47 Å². The number of nitrogens with zero attached hydrogens (tertiary/aromatic N) is 1. The Hall–Kier alpha value is -3.02. The molecular formula is C24H28N2O4. The maximum absolute atomic E-state index is 13.2. The number of rotatable bonds is 5. The smallest absolute Gasteiger partial charge is 0.254 e. The van der Waals surface area contributed by atoms with Crippen LogP contribution in [0.25, 0.3) is 0 Å². The Labute approximate surface area is 177 Å². The van der Waals surface area contributed by atoms with Crippen LogP contribution in [0.4, 0.5) is 0 Å². The van der Waals surface area contributed by atoms with Gasteiger partial charge in [0.05, 0.1) is 5.92 Å². The molecule has 2 aliphatic rings. The number of benzene rings is 2. The van der Waals surface area contributed by atoms with Gasteiger partial charge >= 0.3 is 0 Å². The molecule has 2 heterocycles. The fourth-order valence-electron chi connectivity index (χ4n) is 4.03. The SMILES string of the molecule is Cc1ccc([C@H]2CN(C(=O)c3ccc4c(c3)OCO4)C[C@@H]2C(=O)NCC(C)C)cc1. The van der Waals surface area contributed by atoms with Gasteiger partial charge in [-0.25, -0.2) is 0 Å². The molecule has 0 saturated carbocycles. The molecule has 4 rings (SSSR count). The molecule has 2 aromatic rings. The van der Waals surface area contributed by atoms with E-state index < -0.39 is 0 Å². The van der Waals surface area contributed by atoms with Crippen molar-refractivity contribution in [2.75, 3.05) is 26.4 Å². The summed E-state index contributed by atoms with van der Waals surface area (Å²) in [6, 6.07) is 13.5. The van der Waals surface area contributed by atoms with Crippen molar-refractivity contribution < 1.29 is 19.1 Å². The molecule has 0 aliphatic carbocycles. The van der Waals surface area contributed by atoms with Crippen LogP contribution in [0.15, 0.2) is 42.5 Å². The van der Waals surface area contributed by atoms with Crippen LogP contribution < -0.4 is 14.8 Å². The van der Waals surface area contributed by atoms with E-state index in [1.807, 2.05) is 6.92 Å². The van der Waals surface area contributed by atoms with Crippen molar-refractivity contribution in [3.8, 4) is 11.5 Å². The van der Waals surface area contributed by atoms with Gasteiger partial charge in [-0.3, -0.25) is 9.59 Å². The quantitative estimate of drug-likeness (QED) is 0.824. The predicted octanol–water partition coefficient (Wildman–Crippen LogP) is 3.35. The normalized spacial score (nSPS) is 19.9. The summed E-state index contributed by atoms with van der Waals surface area (Å²) in [5, 5.41) is 3.05. The Morgan fingerprint density at radius 2 is 1.80 bits per heavy atom. The van der Waals surface area contributed by atoms with Gasteiger partial charge in [0.2, 0.25) is 12.7 Å². The van der Waals surface area contributed by atoms with Crippen molar-refractivity contribution in [2.24, 2.45) is 11.8 Å². The first kappa shape index (κ1) is 20.3. The zero-order chi connectivity index (χ0) is 21.3. The number of carbonyl (C=O) groups is 2. The van der Waals surface area contributed by atoms with Crippen LogP contribution in [0.2, 0.25) is 0 Å². The summed E-state index contributed by atoms with van der Waals surface area (Å²) < 4.78 is 10.7. The van der Waals surface area contributed by atoms with Crippen LogP contribution in [0.3, 0.4) is 0 Å². The monoisotopic (exact) mass is 408 g/mol. The Morgan fingerprint density at radius 1 is 1.07 bits per heavy atom. The largest absolute Gasteiger partial charge is 0.454 e. The average Bonchev–Trinajstić information content (AvgIpc) is 3.38. The second kappa shape index (κ2) is 8.38. The molecule has 1 fully saturated rings. The van der Waals surface area contributed by atoms with Crippen molar-refractivity contribution >= 4 is 11.8 Å². The van der Waals surface area contributed by atoms with Crippen molar-refractivity contribution in [1.29, 1.82) is 0 Å². The molecule has 2 amide bonds. The summed E-state index contributed by atoms with van der Waals surface area (Å²) in [4.78, 5) is 28.0. The number of nitrogens with one attached hydrogen (secondary N) is 1. The molecule has 1 saturated heterocycles. The molecule has 1 N–H and O–H groups in total. The van der Waals surface area contributed by atoms with Crippen LogP contribution in [0.1, 0.15) is 41.3 Å². The maximum Gasteiger partial charge on any atom is 0.254 e. The van der Waals surface area contributed by atoms with E-state index >= 15 is 0 Å². The first-order valence-electron chi connectivity index (χ1n) is 10.5. The van der Waals surface area contributed by atoms with E-state index in [2.05, 4.69) is 43.4 Å².